The van der Waals surface area contributed by atoms with Crippen LogP contribution in [0.1, 0.15) is 38.2 Å². The van der Waals surface area contributed by atoms with Crippen molar-refractivity contribution >= 4 is 12.0 Å². The van der Waals surface area contributed by atoms with E-state index in [-0.39, 0.29) is 12.1 Å². The third-order valence-electron chi connectivity index (χ3n) is 3.61. The fraction of sp³-hybridized carbons (Fsp3) is 0.471. The number of cyclic esters (lactones) is 1. The molecule has 1 aliphatic heterocycles. The van der Waals surface area contributed by atoms with Crippen molar-refractivity contribution in [2.45, 2.75) is 38.7 Å². The summed E-state index contributed by atoms with van der Waals surface area (Å²) in [6.45, 7) is 2.14. The van der Waals surface area contributed by atoms with Gasteiger partial charge in [0.1, 0.15) is 6.10 Å². The van der Waals surface area contributed by atoms with Gasteiger partial charge in [-0.1, -0.05) is 25.8 Å². The van der Waals surface area contributed by atoms with Crippen LogP contribution in [0, 0.1) is 0 Å². The van der Waals surface area contributed by atoms with E-state index < -0.39 is 0 Å². The number of hydrogen-bond donors (Lipinski definition) is 0. The van der Waals surface area contributed by atoms with Gasteiger partial charge in [0.05, 0.1) is 14.2 Å². The van der Waals surface area contributed by atoms with Gasteiger partial charge in [-0.2, -0.15) is 0 Å². The van der Waals surface area contributed by atoms with Crippen molar-refractivity contribution in [1.82, 2.24) is 0 Å². The van der Waals surface area contributed by atoms with E-state index in [1.807, 2.05) is 24.3 Å². The molecule has 114 valence electrons. The van der Waals surface area contributed by atoms with E-state index in [1.165, 1.54) is 0 Å². The minimum atomic E-state index is -0.203. The van der Waals surface area contributed by atoms with Crippen molar-refractivity contribution < 1.29 is 19.0 Å². The van der Waals surface area contributed by atoms with Crippen LogP contribution in [0.5, 0.6) is 11.5 Å². The van der Waals surface area contributed by atoms with Gasteiger partial charge < -0.3 is 14.2 Å². The normalized spacial score (nSPS) is 19.7. The SMILES string of the molecule is CCCCC1CC(=Cc2ccc(OC)c(OC)c2)C(=O)O1. The van der Waals surface area contributed by atoms with Gasteiger partial charge in [0, 0.05) is 12.0 Å². The van der Waals surface area contributed by atoms with Crippen LogP contribution in [-0.4, -0.2) is 26.3 Å². The molecular formula is C17H22O4. The van der Waals surface area contributed by atoms with Crippen molar-refractivity contribution in [1.29, 1.82) is 0 Å². The molecule has 1 aromatic rings. The van der Waals surface area contributed by atoms with Gasteiger partial charge in [0.25, 0.3) is 0 Å². The lowest BCUT2D eigenvalue weighted by molar-refractivity contribution is -0.138. The van der Waals surface area contributed by atoms with E-state index in [2.05, 4.69) is 6.92 Å². The second-order valence-corrected chi connectivity index (χ2v) is 5.16. The molecule has 1 aromatic carbocycles. The number of benzene rings is 1. The highest BCUT2D eigenvalue weighted by atomic mass is 16.5. The van der Waals surface area contributed by atoms with Crippen molar-refractivity contribution in [3.8, 4) is 11.5 Å². The number of carbonyl (C=O) groups is 1. The highest BCUT2D eigenvalue weighted by Gasteiger charge is 2.28. The molecule has 1 saturated heterocycles. The zero-order valence-corrected chi connectivity index (χ0v) is 12.8. The molecule has 2 rings (SSSR count). The molecule has 0 radical (unpaired) electrons. The first-order valence-electron chi connectivity index (χ1n) is 7.31. The maximum absolute atomic E-state index is 11.9. The average Bonchev–Trinajstić information content (AvgIpc) is 2.85. The Hall–Kier alpha value is -1.97. The van der Waals surface area contributed by atoms with Crippen LogP contribution in [0.2, 0.25) is 0 Å². The van der Waals surface area contributed by atoms with Gasteiger partial charge in [0.15, 0.2) is 11.5 Å². The fourth-order valence-electron chi connectivity index (χ4n) is 2.45. The zero-order chi connectivity index (χ0) is 15.2. The summed E-state index contributed by atoms with van der Waals surface area (Å²) < 4.78 is 15.9. The maximum Gasteiger partial charge on any atom is 0.334 e. The van der Waals surface area contributed by atoms with Gasteiger partial charge in [-0.15, -0.1) is 0 Å². The summed E-state index contributed by atoms with van der Waals surface area (Å²) >= 11 is 0. The van der Waals surface area contributed by atoms with Crippen LogP contribution in [-0.2, 0) is 9.53 Å². The number of unbranched alkanes of at least 4 members (excludes halogenated alkanes) is 1. The van der Waals surface area contributed by atoms with Gasteiger partial charge in [-0.05, 0) is 30.2 Å². The summed E-state index contributed by atoms with van der Waals surface area (Å²) in [6, 6.07) is 5.60. The lowest BCUT2D eigenvalue weighted by atomic mass is 10.0. The molecule has 1 heterocycles. The Labute approximate surface area is 125 Å². The molecule has 0 bridgehead atoms. The van der Waals surface area contributed by atoms with Gasteiger partial charge in [-0.25, -0.2) is 4.79 Å². The first-order chi connectivity index (χ1) is 10.2. The summed E-state index contributed by atoms with van der Waals surface area (Å²) in [5.41, 5.74) is 1.64. The molecule has 1 unspecified atom stereocenters. The topological polar surface area (TPSA) is 44.8 Å². The average molecular weight is 290 g/mol. The lowest BCUT2D eigenvalue weighted by Crippen LogP contribution is -2.05. The van der Waals surface area contributed by atoms with Crippen LogP contribution >= 0.6 is 0 Å². The molecule has 1 aliphatic rings. The minimum absolute atomic E-state index is 0.0313. The van der Waals surface area contributed by atoms with E-state index in [4.69, 9.17) is 14.2 Å². The molecule has 0 aromatic heterocycles. The smallest absolute Gasteiger partial charge is 0.334 e. The van der Waals surface area contributed by atoms with Crippen molar-refractivity contribution in [2.24, 2.45) is 0 Å². The van der Waals surface area contributed by atoms with E-state index in [0.717, 1.165) is 30.4 Å². The summed E-state index contributed by atoms with van der Waals surface area (Å²) in [5.74, 6) is 1.13. The van der Waals surface area contributed by atoms with Crippen molar-refractivity contribution in [3.05, 3.63) is 29.3 Å². The van der Waals surface area contributed by atoms with Crippen LogP contribution in [0.25, 0.3) is 6.08 Å². The maximum atomic E-state index is 11.9. The van der Waals surface area contributed by atoms with E-state index in [1.54, 1.807) is 14.2 Å². The second-order valence-electron chi connectivity index (χ2n) is 5.16. The Morgan fingerprint density at radius 2 is 2.05 bits per heavy atom. The van der Waals surface area contributed by atoms with E-state index in [0.29, 0.717) is 17.9 Å². The van der Waals surface area contributed by atoms with Gasteiger partial charge in [0.2, 0.25) is 0 Å². The number of carbonyl (C=O) groups excluding carboxylic acids is 1. The van der Waals surface area contributed by atoms with Crippen LogP contribution < -0.4 is 9.47 Å². The molecule has 0 spiro atoms. The highest BCUT2D eigenvalue weighted by Crippen LogP contribution is 2.30. The Kier molecular flexibility index (Phi) is 5.26. The molecule has 4 heteroatoms. The second kappa shape index (κ2) is 7.16. The largest absolute Gasteiger partial charge is 0.493 e. The molecule has 1 atom stereocenters. The molecule has 0 aliphatic carbocycles. The monoisotopic (exact) mass is 290 g/mol. The molecular weight excluding hydrogens is 268 g/mol. The molecule has 0 saturated carbocycles. The summed E-state index contributed by atoms with van der Waals surface area (Å²) in [5, 5.41) is 0. The van der Waals surface area contributed by atoms with E-state index >= 15 is 0 Å². The summed E-state index contributed by atoms with van der Waals surface area (Å²) in [4.78, 5) is 11.9. The molecule has 0 amide bonds. The van der Waals surface area contributed by atoms with E-state index in [9.17, 15) is 4.79 Å². The molecule has 4 nitrogen and oxygen atoms in total. The Morgan fingerprint density at radius 3 is 2.71 bits per heavy atom. The third kappa shape index (κ3) is 3.78. The van der Waals surface area contributed by atoms with Crippen LogP contribution in [0.15, 0.2) is 23.8 Å². The Bertz CT molecular complexity index is 534. The summed E-state index contributed by atoms with van der Waals surface area (Å²) in [6.07, 6.45) is 5.73. The van der Waals surface area contributed by atoms with Crippen LogP contribution in [0.4, 0.5) is 0 Å². The predicted molar refractivity (Wildman–Crippen MR) is 81.5 cm³/mol. The Morgan fingerprint density at radius 1 is 1.29 bits per heavy atom. The first kappa shape index (κ1) is 15.4. The standard InChI is InChI=1S/C17H22O4/c1-4-5-6-14-11-13(17(18)21-14)9-12-7-8-15(19-2)16(10-12)20-3/h7-10,14H,4-6,11H2,1-3H3. The number of methoxy groups -OCH3 is 2. The summed E-state index contributed by atoms with van der Waals surface area (Å²) in [7, 11) is 3.20. The fourth-order valence-corrected chi connectivity index (χ4v) is 2.45. The minimum Gasteiger partial charge on any atom is -0.493 e. The molecule has 1 fully saturated rings. The highest BCUT2D eigenvalue weighted by molar-refractivity contribution is 5.95. The van der Waals surface area contributed by atoms with Gasteiger partial charge >= 0.3 is 5.97 Å². The third-order valence-corrected chi connectivity index (χ3v) is 3.61. The van der Waals surface area contributed by atoms with Gasteiger partial charge in [-0.3, -0.25) is 0 Å². The predicted octanol–water partition coefficient (Wildman–Crippen LogP) is 3.59. The number of hydrogen-bond acceptors (Lipinski definition) is 4. The quantitative estimate of drug-likeness (QED) is 0.593. The van der Waals surface area contributed by atoms with Crippen molar-refractivity contribution in [2.75, 3.05) is 14.2 Å². The zero-order valence-electron chi connectivity index (χ0n) is 12.8. The number of rotatable bonds is 6. The lowest BCUT2D eigenvalue weighted by Gasteiger charge is -2.07. The Balaban J connectivity index is 2.14. The van der Waals surface area contributed by atoms with Crippen LogP contribution in [0.3, 0.4) is 0 Å². The molecule has 0 N–H and O–H groups in total. The first-order valence-corrected chi connectivity index (χ1v) is 7.31. The van der Waals surface area contributed by atoms with Crippen molar-refractivity contribution in [3.63, 3.8) is 0 Å². The number of esters is 1. The molecule has 21 heavy (non-hydrogen) atoms. The number of ether oxygens (including phenoxy) is 3.